The zero-order valence-electron chi connectivity index (χ0n) is 16.4. The van der Waals surface area contributed by atoms with Gasteiger partial charge in [-0.25, -0.2) is 0 Å². The number of benzene rings is 1. The minimum absolute atomic E-state index is 0.557. The van der Waals surface area contributed by atoms with E-state index in [1.165, 1.54) is 44.3 Å². The molecular weight excluding hydrogens is 348 g/mol. The van der Waals surface area contributed by atoms with E-state index in [4.69, 9.17) is 5.10 Å². The van der Waals surface area contributed by atoms with Crippen LogP contribution in [0.15, 0.2) is 42.5 Å². The summed E-state index contributed by atoms with van der Waals surface area (Å²) in [4.78, 5) is 5.03. The first-order chi connectivity index (χ1) is 13.9. The van der Waals surface area contributed by atoms with E-state index in [9.17, 15) is 0 Å². The molecular formula is C22H28N6. The van der Waals surface area contributed by atoms with Crippen LogP contribution < -0.4 is 4.90 Å². The van der Waals surface area contributed by atoms with Crippen LogP contribution in [0.4, 0.5) is 5.82 Å². The predicted octanol–water partition coefficient (Wildman–Crippen LogP) is 3.15. The van der Waals surface area contributed by atoms with Crippen LogP contribution in [-0.4, -0.2) is 57.4 Å². The van der Waals surface area contributed by atoms with Gasteiger partial charge in [-0.1, -0.05) is 30.3 Å². The van der Waals surface area contributed by atoms with E-state index in [0.29, 0.717) is 5.92 Å². The zero-order valence-corrected chi connectivity index (χ0v) is 16.4. The Balaban J connectivity index is 1.20. The van der Waals surface area contributed by atoms with E-state index in [-0.39, 0.29) is 0 Å². The van der Waals surface area contributed by atoms with Gasteiger partial charge in [-0.3, -0.25) is 0 Å². The molecule has 1 saturated carbocycles. The molecule has 3 heterocycles. The Morgan fingerprint density at radius 1 is 0.893 bits per heavy atom. The summed E-state index contributed by atoms with van der Waals surface area (Å²) < 4.78 is 1.97. The molecule has 6 nitrogen and oxygen atoms in total. The Morgan fingerprint density at radius 3 is 2.64 bits per heavy atom. The Bertz CT molecular complexity index is 917. The second-order valence-electron chi connectivity index (χ2n) is 8.07. The van der Waals surface area contributed by atoms with Crippen molar-refractivity contribution in [2.24, 2.45) is 0 Å². The highest BCUT2D eigenvalue weighted by Crippen LogP contribution is 2.38. The van der Waals surface area contributed by atoms with Gasteiger partial charge >= 0.3 is 0 Å². The molecule has 28 heavy (non-hydrogen) atoms. The molecule has 0 N–H and O–H groups in total. The molecule has 1 aliphatic heterocycles. The van der Waals surface area contributed by atoms with Gasteiger partial charge in [0.15, 0.2) is 11.5 Å². The lowest BCUT2D eigenvalue weighted by molar-refractivity contribution is 0.290. The number of aromatic nitrogens is 4. The van der Waals surface area contributed by atoms with Crippen molar-refractivity contribution in [1.82, 2.24) is 24.7 Å². The van der Waals surface area contributed by atoms with E-state index < -0.39 is 0 Å². The number of hydrogen-bond acceptors (Lipinski definition) is 5. The lowest BCUT2D eigenvalue weighted by Gasteiger charge is -2.22. The van der Waals surface area contributed by atoms with Crippen molar-refractivity contribution in [3.05, 3.63) is 53.9 Å². The number of fused-ring (bicyclic) bond motifs is 1. The average Bonchev–Trinajstić information content (AvgIpc) is 3.53. The molecule has 2 fully saturated rings. The highest BCUT2D eigenvalue weighted by Gasteiger charge is 2.29. The molecule has 5 rings (SSSR count). The van der Waals surface area contributed by atoms with E-state index in [0.717, 1.165) is 43.3 Å². The molecule has 2 aliphatic rings. The van der Waals surface area contributed by atoms with Gasteiger partial charge in [0.05, 0.1) is 0 Å². The Kier molecular flexibility index (Phi) is 4.95. The van der Waals surface area contributed by atoms with Crippen molar-refractivity contribution >= 4 is 11.5 Å². The molecule has 0 bridgehead atoms. The maximum Gasteiger partial charge on any atom is 0.178 e. The minimum atomic E-state index is 0.557. The van der Waals surface area contributed by atoms with Gasteiger partial charge in [-0.2, -0.15) is 4.52 Å². The number of hydrogen-bond donors (Lipinski definition) is 0. The number of nitrogens with zero attached hydrogens (tertiary/aromatic N) is 6. The Morgan fingerprint density at radius 2 is 1.79 bits per heavy atom. The quantitative estimate of drug-likeness (QED) is 0.661. The fourth-order valence-corrected chi connectivity index (χ4v) is 4.14. The van der Waals surface area contributed by atoms with Gasteiger partial charge in [0.2, 0.25) is 0 Å². The molecule has 146 valence electrons. The lowest BCUT2D eigenvalue weighted by Crippen LogP contribution is -2.32. The molecule has 3 aromatic rings. The molecule has 1 aromatic carbocycles. The smallest absolute Gasteiger partial charge is 0.178 e. The van der Waals surface area contributed by atoms with Gasteiger partial charge in [-0.05, 0) is 62.9 Å². The molecule has 1 aliphatic carbocycles. The van der Waals surface area contributed by atoms with Crippen molar-refractivity contribution in [3.8, 4) is 0 Å². The third kappa shape index (κ3) is 3.87. The van der Waals surface area contributed by atoms with Crippen molar-refractivity contribution < 1.29 is 0 Å². The molecule has 0 atom stereocenters. The van der Waals surface area contributed by atoms with Gasteiger partial charge in [0, 0.05) is 25.6 Å². The van der Waals surface area contributed by atoms with E-state index in [2.05, 4.69) is 62.5 Å². The van der Waals surface area contributed by atoms with Crippen LogP contribution in [0.2, 0.25) is 0 Å². The topological polar surface area (TPSA) is 49.6 Å². The average molecular weight is 377 g/mol. The third-order valence-corrected chi connectivity index (χ3v) is 5.91. The maximum atomic E-state index is 4.89. The molecule has 0 amide bonds. The standard InChI is InChI=1S/C22H28N6/c1-2-6-18(7-3-1)8-4-13-26-14-5-15-27(17-16-26)21-12-11-20-23-24-22(19-9-10-19)28(20)25-21/h1-3,6-7,11-12,19H,4-5,8-10,13-17H2. The van der Waals surface area contributed by atoms with Crippen LogP contribution in [0.3, 0.4) is 0 Å². The Hall–Kier alpha value is -2.47. The summed E-state index contributed by atoms with van der Waals surface area (Å²) in [6.07, 6.45) is 6.00. The van der Waals surface area contributed by atoms with Crippen LogP contribution >= 0.6 is 0 Å². The molecule has 2 aromatic heterocycles. The summed E-state index contributed by atoms with van der Waals surface area (Å²) in [6.45, 7) is 5.55. The summed E-state index contributed by atoms with van der Waals surface area (Å²) >= 11 is 0. The number of aryl methyl sites for hydroxylation is 1. The predicted molar refractivity (Wildman–Crippen MR) is 111 cm³/mol. The zero-order chi connectivity index (χ0) is 18.8. The normalized spacial score (nSPS) is 18.5. The summed E-state index contributed by atoms with van der Waals surface area (Å²) in [5.41, 5.74) is 2.31. The SMILES string of the molecule is c1ccc(CCCN2CCCN(c3ccc4nnc(C5CC5)n4n3)CC2)cc1. The van der Waals surface area contributed by atoms with E-state index >= 15 is 0 Å². The monoisotopic (exact) mass is 376 g/mol. The highest BCUT2D eigenvalue weighted by atomic mass is 15.4. The molecule has 0 radical (unpaired) electrons. The van der Waals surface area contributed by atoms with Crippen molar-refractivity contribution in [2.45, 2.75) is 38.0 Å². The van der Waals surface area contributed by atoms with E-state index in [1.807, 2.05) is 4.52 Å². The lowest BCUT2D eigenvalue weighted by atomic mass is 10.1. The first-order valence-corrected chi connectivity index (χ1v) is 10.6. The van der Waals surface area contributed by atoms with Gasteiger partial charge in [-0.15, -0.1) is 15.3 Å². The first-order valence-electron chi connectivity index (χ1n) is 10.6. The Labute approximate surface area is 166 Å². The van der Waals surface area contributed by atoms with Gasteiger partial charge < -0.3 is 9.80 Å². The third-order valence-electron chi connectivity index (χ3n) is 5.91. The summed E-state index contributed by atoms with van der Waals surface area (Å²) in [6, 6.07) is 15.0. The molecule has 6 heteroatoms. The molecule has 1 saturated heterocycles. The molecule has 0 unspecified atom stereocenters. The van der Waals surface area contributed by atoms with Crippen molar-refractivity contribution in [3.63, 3.8) is 0 Å². The minimum Gasteiger partial charge on any atom is -0.354 e. The summed E-state index contributed by atoms with van der Waals surface area (Å²) in [5.74, 6) is 2.65. The van der Waals surface area contributed by atoms with Crippen molar-refractivity contribution in [2.75, 3.05) is 37.6 Å². The first kappa shape index (κ1) is 17.6. The van der Waals surface area contributed by atoms with Gasteiger partial charge in [0.25, 0.3) is 0 Å². The summed E-state index contributed by atoms with van der Waals surface area (Å²) in [7, 11) is 0. The van der Waals surface area contributed by atoms with Crippen LogP contribution in [0.25, 0.3) is 5.65 Å². The number of anilines is 1. The second-order valence-corrected chi connectivity index (χ2v) is 8.07. The molecule has 0 spiro atoms. The van der Waals surface area contributed by atoms with Crippen LogP contribution in [-0.2, 0) is 6.42 Å². The van der Waals surface area contributed by atoms with Crippen molar-refractivity contribution in [1.29, 1.82) is 0 Å². The van der Waals surface area contributed by atoms with Crippen LogP contribution in [0, 0.1) is 0 Å². The fourth-order valence-electron chi connectivity index (χ4n) is 4.14. The largest absolute Gasteiger partial charge is 0.354 e. The summed E-state index contributed by atoms with van der Waals surface area (Å²) in [5, 5.41) is 13.5. The van der Waals surface area contributed by atoms with Crippen LogP contribution in [0.1, 0.15) is 43.0 Å². The number of rotatable bonds is 6. The van der Waals surface area contributed by atoms with E-state index in [1.54, 1.807) is 0 Å². The van der Waals surface area contributed by atoms with Gasteiger partial charge in [0.1, 0.15) is 5.82 Å². The second kappa shape index (κ2) is 7.87. The fraction of sp³-hybridized carbons (Fsp3) is 0.500. The van der Waals surface area contributed by atoms with Crippen LogP contribution in [0.5, 0.6) is 0 Å². The highest BCUT2D eigenvalue weighted by molar-refractivity contribution is 5.46. The maximum absolute atomic E-state index is 4.89.